The van der Waals surface area contributed by atoms with Gasteiger partial charge in [0.05, 0.1) is 6.42 Å². The molecular weight excluding hydrogens is 234 g/mol. The number of piperidine rings is 1. The minimum atomic E-state index is -0.894. The number of amides is 2. The fourth-order valence-electron chi connectivity index (χ4n) is 2.32. The summed E-state index contributed by atoms with van der Waals surface area (Å²) in [6.45, 7) is 4.12. The van der Waals surface area contributed by atoms with Gasteiger partial charge in [-0.2, -0.15) is 0 Å². The highest BCUT2D eigenvalue weighted by atomic mass is 16.4. The molecule has 1 saturated heterocycles. The van der Waals surface area contributed by atoms with Crippen LogP contribution in [-0.2, 0) is 4.79 Å². The number of carbonyl (C=O) groups is 2. The van der Waals surface area contributed by atoms with Crippen LogP contribution in [0, 0.1) is 5.92 Å². The second-order valence-electron chi connectivity index (χ2n) is 4.96. The number of rotatable bonds is 5. The van der Waals surface area contributed by atoms with E-state index in [0.717, 1.165) is 32.5 Å². The van der Waals surface area contributed by atoms with Gasteiger partial charge in [-0.25, -0.2) is 4.79 Å². The van der Waals surface area contributed by atoms with Crippen molar-refractivity contribution >= 4 is 12.0 Å². The second-order valence-corrected chi connectivity index (χ2v) is 4.96. The van der Waals surface area contributed by atoms with Gasteiger partial charge in [0.2, 0.25) is 0 Å². The van der Waals surface area contributed by atoms with Crippen molar-refractivity contribution in [3.05, 3.63) is 0 Å². The maximum atomic E-state index is 11.9. The van der Waals surface area contributed by atoms with E-state index in [1.54, 1.807) is 11.8 Å². The molecule has 0 radical (unpaired) electrons. The van der Waals surface area contributed by atoms with Crippen LogP contribution in [0.3, 0.4) is 0 Å². The molecule has 1 aliphatic rings. The predicted molar refractivity (Wildman–Crippen MR) is 68.5 cm³/mol. The summed E-state index contributed by atoms with van der Waals surface area (Å²) in [5.41, 5.74) is 0. The molecule has 6 nitrogen and oxygen atoms in total. The van der Waals surface area contributed by atoms with Crippen LogP contribution in [0.25, 0.3) is 0 Å². The van der Waals surface area contributed by atoms with Crippen LogP contribution in [0.15, 0.2) is 0 Å². The Bertz CT molecular complexity index is 294. The molecule has 104 valence electrons. The molecule has 2 atom stereocenters. The lowest BCUT2D eigenvalue weighted by Gasteiger charge is -2.33. The van der Waals surface area contributed by atoms with Crippen molar-refractivity contribution in [3.63, 3.8) is 0 Å². The molecule has 0 bridgehead atoms. The molecule has 0 saturated carbocycles. The molecule has 1 heterocycles. The Kier molecular flexibility index (Phi) is 5.91. The average molecular weight is 257 g/mol. The van der Waals surface area contributed by atoms with Gasteiger partial charge in [0.1, 0.15) is 0 Å². The maximum Gasteiger partial charge on any atom is 0.317 e. The molecule has 2 unspecified atom stereocenters. The lowest BCUT2D eigenvalue weighted by Crippen LogP contribution is -2.49. The summed E-state index contributed by atoms with van der Waals surface area (Å²) < 4.78 is 0. The van der Waals surface area contributed by atoms with Gasteiger partial charge in [-0.3, -0.25) is 4.79 Å². The summed E-state index contributed by atoms with van der Waals surface area (Å²) in [4.78, 5) is 24.3. The summed E-state index contributed by atoms with van der Waals surface area (Å²) in [5.74, 6) is -0.404. The SMILES string of the molecule is CNCC1CCCN(C(=O)NC(C)CC(=O)O)C1. The van der Waals surface area contributed by atoms with Crippen molar-refractivity contribution < 1.29 is 14.7 Å². The fourth-order valence-corrected chi connectivity index (χ4v) is 2.32. The zero-order valence-corrected chi connectivity index (χ0v) is 11.1. The van der Waals surface area contributed by atoms with E-state index in [2.05, 4.69) is 10.6 Å². The zero-order valence-electron chi connectivity index (χ0n) is 11.1. The molecule has 3 N–H and O–H groups in total. The van der Waals surface area contributed by atoms with Gasteiger partial charge in [-0.15, -0.1) is 0 Å². The third-order valence-corrected chi connectivity index (χ3v) is 3.15. The number of nitrogens with one attached hydrogen (secondary N) is 2. The van der Waals surface area contributed by atoms with Crippen LogP contribution in [0.2, 0.25) is 0 Å². The van der Waals surface area contributed by atoms with Crippen molar-refractivity contribution in [2.75, 3.05) is 26.7 Å². The van der Waals surface area contributed by atoms with Gasteiger partial charge in [0.25, 0.3) is 0 Å². The first-order valence-corrected chi connectivity index (χ1v) is 6.44. The minimum Gasteiger partial charge on any atom is -0.481 e. The first kappa shape index (κ1) is 14.8. The maximum absolute atomic E-state index is 11.9. The van der Waals surface area contributed by atoms with Gasteiger partial charge in [0, 0.05) is 19.1 Å². The number of carboxylic acid groups (broad SMARTS) is 1. The van der Waals surface area contributed by atoms with Crippen LogP contribution in [0.1, 0.15) is 26.2 Å². The van der Waals surface area contributed by atoms with E-state index in [-0.39, 0.29) is 18.5 Å². The van der Waals surface area contributed by atoms with Crippen LogP contribution >= 0.6 is 0 Å². The lowest BCUT2D eigenvalue weighted by molar-refractivity contribution is -0.137. The number of likely N-dealkylation sites (tertiary alicyclic amines) is 1. The lowest BCUT2D eigenvalue weighted by atomic mass is 9.98. The molecule has 6 heteroatoms. The van der Waals surface area contributed by atoms with Crippen LogP contribution in [0.4, 0.5) is 4.79 Å². The standard InChI is InChI=1S/C12H23N3O3/c1-9(6-11(16)17)14-12(18)15-5-3-4-10(8-15)7-13-2/h9-10,13H,3-8H2,1-2H3,(H,14,18)(H,16,17). The van der Waals surface area contributed by atoms with E-state index in [9.17, 15) is 9.59 Å². The Morgan fingerprint density at radius 3 is 2.83 bits per heavy atom. The predicted octanol–water partition coefficient (Wildman–Crippen LogP) is 0.491. The molecule has 0 aliphatic carbocycles. The van der Waals surface area contributed by atoms with E-state index >= 15 is 0 Å². The molecule has 1 fully saturated rings. The Morgan fingerprint density at radius 2 is 2.22 bits per heavy atom. The van der Waals surface area contributed by atoms with Crippen molar-refractivity contribution in [1.29, 1.82) is 0 Å². The van der Waals surface area contributed by atoms with Gasteiger partial charge >= 0.3 is 12.0 Å². The van der Waals surface area contributed by atoms with E-state index in [1.807, 2.05) is 7.05 Å². The molecule has 1 aliphatic heterocycles. The Labute approximate surface area is 108 Å². The molecule has 0 aromatic rings. The molecule has 2 amide bonds. The summed E-state index contributed by atoms with van der Waals surface area (Å²) in [6.07, 6.45) is 2.10. The van der Waals surface area contributed by atoms with E-state index < -0.39 is 5.97 Å². The van der Waals surface area contributed by atoms with Crippen molar-refractivity contribution in [1.82, 2.24) is 15.5 Å². The third kappa shape index (κ3) is 4.91. The van der Waals surface area contributed by atoms with Crippen molar-refractivity contribution in [3.8, 4) is 0 Å². The van der Waals surface area contributed by atoms with E-state index in [0.29, 0.717) is 5.92 Å². The normalized spacial score (nSPS) is 21.4. The van der Waals surface area contributed by atoms with Crippen molar-refractivity contribution in [2.24, 2.45) is 5.92 Å². The first-order valence-electron chi connectivity index (χ1n) is 6.44. The number of aliphatic carboxylic acids is 1. The van der Waals surface area contributed by atoms with E-state index in [4.69, 9.17) is 5.11 Å². The highest BCUT2D eigenvalue weighted by molar-refractivity contribution is 5.76. The molecular formula is C12H23N3O3. The molecule has 0 aromatic heterocycles. The summed E-state index contributed by atoms with van der Waals surface area (Å²) in [5, 5.41) is 14.5. The van der Waals surface area contributed by atoms with E-state index in [1.165, 1.54) is 0 Å². The molecule has 1 rings (SSSR count). The molecule has 0 spiro atoms. The Morgan fingerprint density at radius 1 is 1.50 bits per heavy atom. The summed E-state index contributed by atoms with van der Waals surface area (Å²) in [7, 11) is 1.91. The Hall–Kier alpha value is -1.30. The van der Waals surface area contributed by atoms with Crippen LogP contribution < -0.4 is 10.6 Å². The number of carbonyl (C=O) groups excluding carboxylic acids is 1. The van der Waals surface area contributed by atoms with Crippen molar-refractivity contribution in [2.45, 2.75) is 32.2 Å². The highest BCUT2D eigenvalue weighted by Gasteiger charge is 2.24. The quantitative estimate of drug-likeness (QED) is 0.669. The van der Waals surface area contributed by atoms with Crippen LogP contribution in [0.5, 0.6) is 0 Å². The summed E-state index contributed by atoms with van der Waals surface area (Å²) in [6, 6.07) is -0.482. The van der Waals surface area contributed by atoms with Gasteiger partial charge in [-0.1, -0.05) is 0 Å². The number of urea groups is 1. The molecule has 0 aromatic carbocycles. The second kappa shape index (κ2) is 7.20. The highest BCUT2D eigenvalue weighted by Crippen LogP contribution is 2.15. The first-order chi connectivity index (χ1) is 8.52. The number of nitrogens with zero attached hydrogens (tertiary/aromatic N) is 1. The van der Waals surface area contributed by atoms with Crippen LogP contribution in [-0.4, -0.2) is 54.7 Å². The smallest absolute Gasteiger partial charge is 0.317 e. The largest absolute Gasteiger partial charge is 0.481 e. The fraction of sp³-hybridized carbons (Fsp3) is 0.833. The number of hydrogen-bond donors (Lipinski definition) is 3. The molecule has 18 heavy (non-hydrogen) atoms. The zero-order chi connectivity index (χ0) is 13.5. The minimum absolute atomic E-state index is 0.0421. The average Bonchev–Trinajstić information content (AvgIpc) is 2.28. The monoisotopic (exact) mass is 257 g/mol. The van der Waals surface area contributed by atoms with Gasteiger partial charge in [0.15, 0.2) is 0 Å². The Balaban J connectivity index is 2.38. The van der Waals surface area contributed by atoms with Gasteiger partial charge < -0.3 is 20.6 Å². The topological polar surface area (TPSA) is 81.7 Å². The van der Waals surface area contributed by atoms with Gasteiger partial charge in [-0.05, 0) is 39.3 Å². The number of carboxylic acids is 1. The number of hydrogen-bond acceptors (Lipinski definition) is 3. The third-order valence-electron chi connectivity index (χ3n) is 3.15. The summed E-state index contributed by atoms with van der Waals surface area (Å²) >= 11 is 0.